The van der Waals surface area contributed by atoms with E-state index >= 15 is 0 Å². The average Bonchev–Trinajstić information content (AvgIpc) is 3.01. The Morgan fingerprint density at radius 2 is 1.43 bits per heavy atom. The third-order valence-electron chi connectivity index (χ3n) is 7.90. The van der Waals surface area contributed by atoms with Gasteiger partial charge in [0.15, 0.2) is 0 Å². The normalized spacial score (nSPS) is 12.7. The molecule has 7 nitrogen and oxygen atoms in total. The fourth-order valence-electron chi connectivity index (χ4n) is 5.29. The molecule has 4 aromatic carbocycles. The Kier molecular flexibility index (Phi) is 11.8. The lowest BCUT2D eigenvalue weighted by atomic mass is 10.0. The lowest BCUT2D eigenvalue weighted by molar-refractivity contribution is -0.140. The molecule has 0 bridgehead atoms. The number of hydrogen-bond donors (Lipinski definition) is 1. The fraction of sp³-hybridized carbons (Fsp3) is 0.297. The zero-order valence-electron chi connectivity index (χ0n) is 27.0. The standard InChI is InChI=1S/C37H42BrN3O4S/c1-6-29(5)39-37(43)35(23-30-11-8-7-9-12-30)40(24-31-13-10-14-32(38)22-31)36(42)25-41(33-20-27(3)19-28(4)21-33)46(44,45)34-17-15-26(2)16-18-34/h7-22,29,35H,6,23-25H2,1-5H3,(H,39,43)/t29-,35+/m1/s1. The zero-order chi connectivity index (χ0) is 33.4. The van der Waals surface area contributed by atoms with Crippen LogP contribution >= 0.6 is 15.9 Å². The number of halogens is 1. The Hall–Kier alpha value is -3.95. The van der Waals surface area contributed by atoms with Crippen molar-refractivity contribution >= 4 is 43.5 Å². The smallest absolute Gasteiger partial charge is 0.264 e. The minimum Gasteiger partial charge on any atom is -0.352 e. The molecule has 0 aliphatic carbocycles. The van der Waals surface area contributed by atoms with Gasteiger partial charge in [-0.15, -0.1) is 0 Å². The molecular weight excluding hydrogens is 662 g/mol. The number of nitrogens with one attached hydrogen (secondary N) is 1. The van der Waals surface area contributed by atoms with Crippen molar-refractivity contribution in [3.05, 3.63) is 129 Å². The number of amides is 2. The van der Waals surface area contributed by atoms with E-state index in [4.69, 9.17) is 0 Å². The van der Waals surface area contributed by atoms with Crippen LogP contribution in [0.25, 0.3) is 0 Å². The summed E-state index contributed by atoms with van der Waals surface area (Å²) in [5.74, 6) is -0.782. The van der Waals surface area contributed by atoms with E-state index < -0.39 is 28.5 Å². The molecule has 0 aliphatic heterocycles. The summed E-state index contributed by atoms with van der Waals surface area (Å²) in [5.41, 5.74) is 4.73. The van der Waals surface area contributed by atoms with Crippen molar-refractivity contribution in [3.8, 4) is 0 Å². The van der Waals surface area contributed by atoms with E-state index in [2.05, 4.69) is 21.2 Å². The predicted octanol–water partition coefficient (Wildman–Crippen LogP) is 7.12. The van der Waals surface area contributed by atoms with Gasteiger partial charge in [-0.25, -0.2) is 8.42 Å². The molecule has 9 heteroatoms. The second-order valence-electron chi connectivity index (χ2n) is 11.8. The van der Waals surface area contributed by atoms with Gasteiger partial charge >= 0.3 is 0 Å². The molecule has 2 atom stereocenters. The summed E-state index contributed by atoms with van der Waals surface area (Å²) in [7, 11) is -4.16. The minimum absolute atomic E-state index is 0.0824. The zero-order valence-corrected chi connectivity index (χ0v) is 29.4. The van der Waals surface area contributed by atoms with Crippen LogP contribution in [0.5, 0.6) is 0 Å². The number of sulfonamides is 1. The lowest BCUT2D eigenvalue weighted by Crippen LogP contribution is -2.54. The predicted molar refractivity (Wildman–Crippen MR) is 188 cm³/mol. The van der Waals surface area contributed by atoms with Crippen LogP contribution in [0.4, 0.5) is 5.69 Å². The highest BCUT2D eigenvalue weighted by atomic mass is 79.9. The first kappa shape index (κ1) is 34.9. The van der Waals surface area contributed by atoms with Crippen molar-refractivity contribution in [2.24, 2.45) is 0 Å². The first-order valence-electron chi connectivity index (χ1n) is 15.4. The van der Waals surface area contributed by atoms with Gasteiger partial charge in [0.2, 0.25) is 11.8 Å². The van der Waals surface area contributed by atoms with Crippen LogP contribution in [-0.4, -0.2) is 43.8 Å². The molecule has 4 rings (SSSR count). The molecular formula is C37H42BrN3O4S. The fourth-order valence-corrected chi connectivity index (χ4v) is 7.13. The van der Waals surface area contributed by atoms with Crippen molar-refractivity contribution in [2.75, 3.05) is 10.8 Å². The molecule has 0 heterocycles. The van der Waals surface area contributed by atoms with Crippen molar-refractivity contribution in [2.45, 2.75) is 71.0 Å². The van der Waals surface area contributed by atoms with Crippen LogP contribution in [0, 0.1) is 20.8 Å². The molecule has 0 saturated carbocycles. The van der Waals surface area contributed by atoms with Gasteiger partial charge in [0.25, 0.3) is 10.0 Å². The van der Waals surface area contributed by atoms with E-state index in [0.717, 1.165) is 38.7 Å². The second kappa shape index (κ2) is 15.6. The molecule has 4 aromatic rings. The Bertz CT molecular complexity index is 1740. The summed E-state index contributed by atoms with van der Waals surface area (Å²) < 4.78 is 30.6. The van der Waals surface area contributed by atoms with Crippen LogP contribution in [0.15, 0.2) is 106 Å². The SMILES string of the molecule is CC[C@@H](C)NC(=O)[C@H](Cc1ccccc1)N(Cc1cccc(Br)c1)C(=O)CN(c1cc(C)cc(C)c1)S(=O)(=O)c1ccc(C)cc1. The quantitative estimate of drug-likeness (QED) is 0.161. The molecule has 0 unspecified atom stereocenters. The number of hydrogen-bond acceptors (Lipinski definition) is 4. The molecule has 0 radical (unpaired) electrons. The molecule has 0 aromatic heterocycles. The highest BCUT2D eigenvalue weighted by Gasteiger charge is 2.35. The monoisotopic (exact) mass is 703 g/mol. The first-order valence-corrected chi connectivity index (χ1v) is 17.7. The molecule has 0 fully saturated rings. The van der Waals surface area contributed by atoms with Crippen LogP contribution in [0.2, 0.25) is 0 Å². The van der Waals surface area contributed by atoms with Crippen LogP contribution < -0.4 is 9.62 Å². The molecule has 0 saturated heterocycles. The van der Waals surface area contributed by atoms with Gasteiger partial charge in [0.05, 0.1) is 10.6 Å². The van der Waals surface area contributed by atoms with E-state index in [0.29, 0.717) is 5.69 Å². The molecule has 0 spiro atoms. The summed E-state index contributed by atoms with van der Waals surface area (Å²) >= 11 is 3.52. The van der Waals surface area contributed by atoms with Crippen LogP contribution in [0.1, 0.15) is 48.1 Å². The Morgan fingerprint density at radius 3 is 2.04 bits per heavy atom. The van der Waals surface area contributed by atoms with Gasteiger partial charge < -0.3 is 10.2 Å². The summed E-state index contributed by atoms with van der Waals surface area (Å²) in [6, 6.07) is 28.2. The number of carbonyl (C=O) groups excluding carboxylic acids is 2. The Morgan fingerprint density at radius 1 is 0.804 bits per heavy atom. The third kappa shape index (κ3) is 9.07. The van der Waals surface area contributed by atoms with Crippen LogP contribution in [-0.2, 0) is 32.6 Å². The Balaban J connectivity index is 1.83. The average molecular weight is 705 g/mol. The van der Waals surface area contributed by atoms with Crippen molar-refractivity contribution in [1.29, 1.82) is 0 Å². The largest absolute Gasteiger partial charge is 0.352 e. The summed E-state index contributed by atoms with van der Waals surface area (Å²) in [6.45, 7) is 9.20. The maximum absolute atomic E-state index is 14.6. The third-order valence-corrected chi connectivity index (χ3v) is 10.2. The van der Waals surface area contributed by atoms with Gasteiger partial charge in [-0.05, 0) is 92.8 Å². The van der Waals surface area contributed by atoms with E-state index in [1.807, 2.05) is 95.3 Å². The maximum atomic E-state index is 14.6. The van der Waals surface area contributed by atoms with E-state index in [9.17, 15) is 18.0 Å². The summed E-state index contributed by atoms with van der Waals surface area (Å²) in [4.78, 5) is 30.2. The van der Waals surface area contributed by atoms with Gasteiger partial charge in [-0.3, -0.25) is 13.9 Å². The molecule has 2 amide bonds. The number of nitrogens with zero attached hydrogens (tertiary/aromatic N) is 2. The van der Waals surface area contributed by atoms with Gasteiger partial charge in [0, 0.05) is 23.5 Å². The number of aryl methyl sites for hydroxylation is 3. The van der Waals surface area contributed by atoms with Gasteiger partial charge in [-0.1, -0.05) is 89.1 Å². The van der Waals surface area contributed by atoms with E-state index in [1.54, 1.807) is 36.4 Å². The van der Waals surface area contributed by atoms with Crippen molar-refractivity contribution in [1.82, 2.24) is 10.2 Å². The highest BCUT2D eigenvalue weighted by molar-refractivity contribution is 9.10. The minimum atomic E-state index is -4.16. The molecule has 1 N–H and O–H groups in total. The van der Waals surface area contributed by atoms with E-state index in [1.165, 1.54) is 9.21 Å². The topological polar surface area (TPSA) is 86.8 Å². The summed E-state index contributed by atoms with van der Waals surface area (Å²) in [5, 5.41) is 3.07. The number of benzene rings is 4. The number of carbonyl (C=O) groups is 2. The molecule has 242 valence electrons. The van der Waals surface area contributed by atoms with Crippen LogP contribution in [0.3, 0.4) is 0 Å². The van der Waals surface area contributed by atoms with Crippen molar-refractivity contribution < 1.29 is 18.0 Å². The highest BCUT2D eigenvalue weighted by Crippen LogP contribution is 2.27. The summed E-state index contributed by atoms with van der Waals surface area (Å²) in [6.07, 6.45) is 0.982. The first-order chi connectivity index (χ1) is 21.9. The number of rotatable bonds is 13. The Labute approximate surface area is 281 Å². The second-order valence-corrected chi connectivity index (χ2v) is 14.6. The van der Waals surface area contributed by atoms with E-state index in [-0.39, 0.29) is 29.8 Å². The lowest BCUT2D eigenvalue weighted by Gasteiger charge is -2.34. The molecule has 0 aliphatic rings. The van der Waals surface area contributed by atoms with Crippen molar-refractivity contribution in [3.63, 3.8) is 0 Å². The van der Waals surface area contributed by atoms with Gasteiger partial charge in [0.1, 0.15) is 12.6 Å². The van der Waals surface area contributed by atoms with Gasteiger partial charge in [-0.2, -0.15) is 0 Å². The maximum Gasteiger partial charge on any atom is 0.264 e. The molecule has 46 heavy (non-hydrogen) atoms. The number of anilines is 1.